The van der Waals surface area contributed by atoms with E-state index in [0.717, 1.165) is 6.67 Å². The van der Waals surface area contributed by atoms with Crippen molar-refractivity contribution < 1.29 is 35.1 Å². The zero-order valence-electron chi connectivity index (χ0n) is 15.1. The number of hydrogen-bond donors (Lipinski definition) is 0. The lowest BCUT2D eigenvalue weighted by atomic mass is 10.6. The third-order valence-corrected chi connectivity index (χ3v) is 3.10. The number of imidazole rings is 2. The van der Waals surface area contributed by atoms with Gasteiger partial charge in [-0.2, -0.15) is 9.13 Å². The van der Waals surface area contributed by atoms with Gasteiger partial charge in [-0.25, -0.2) is 26.0 Å². The molecule has 0 atom stereocenters. The van der Waals surface area contributed by atoms with Crippen LogP contribution in [0.2, 0.25) is 0 Å². The van der Waals surface area contributed by atoms with Gasteiger partial charge in [-0.1, -0.05) is 0 Å². The fourth-order valence-corrected chi connectivity index (χ4v) is 1.66. The lowest BCUT2D eigenvalue weighted by Gasteiger charge is -1.97. The van der Waals surface area contributed by atoms with Crippen LogP contribution in [-0.2, 0) is 41.0 Å². The first-order valence-corrected chi connectivity index (χ1v) is 10.6. The number of aryl methyl sites for hydroxylation is 2. The summed E-state index contributed by atoms with van der Waals surface area (Å²) in [6.07, 6.45) is 9.58. The first kappa shape index (κ1) is 23.2. The molecule has 0 aliphatic rings. The highest BCUT2D eigenvalue weighted by Crippen LogP contribution is 1.98. The van der Waals surface area contributed by atoms with Crippen molar-refractivity contribution in [1.82, 2.24) is 9.13 Å². The van der Waals surface area contributed by atoms with Crippen molar-refractivity contribution in [3.63, 3.8) is 0 Å². The molecule has 2 aromatic heterocycles. The summed E-state index contributed by atoms with van der Waals surface area (Å²) in [6.45, 7) is 5.12. The normalized spacial score (nSPS) is 11.2. The molecule has 10 nitrogen and oxygen atoms in total. The summed E-state index contributed by atoms with van der Waals surface area (Å²) in [5.74, 6) is 2.51. The van der Waals surface area contributed by atoms with E-state index < -0.39 is 20.2 Å². The van der Waals surface area contributed by atoms with E-state index in [2.05, 4.69) is 71.0 Å². The molecule has 2 heterocycles. The van der Waals surface area contributed by atoms with Gasteiger partial charge in [0.1, 0.15) is 24.8 Å². The van der Waals surface area contributed by atoms with Crippen molar-refractivity contribution in [1.29, 1.82) is 0 Å². The van der Waals surface area contributed by atoms with Crippen LogP contribution in [0.3, 0.4) is 0 Å². The van der Waals surface area contributed by atoms with Gasteiger partial charge in [0.05, 0.1) is 34.3 Å². The van der Waals surface area contributed by atoms with Crippen LogP contribution < -0.4 is 9.13 Å². The molecule has 12 heteroatoms. The Morgan fingerprint density at radius 1 is 0.840 bits per heavy atom. The summed E-state index contributed by atoms with van der Waals surface area (Å²) in [4.78, 5) is 0. The molecule has 0 N–H and O–H groups in total. The second-order valence-corrected chi connectivity index (χ2v) is 8.22. The summed E-state index contributed by atoms with van der Waals surface area (Å²) in [5, 5.41) is 0. The van der Waals surface area contributed by atoms with Crippen molar-refractivity contribution in [3.8, 4) is 0 Å². The van der Waals surface area contributed by atoms with Gasteiger partial charge in [-0.15, -0.1) is 0 Å². The number of hydrogen-bond acceptors (Lipinski definition) is 6. The highest BCUT2D eigenvalue weighted by atomic mass is 32.2. The minimum Gasteiger partial charge on any atom is -0.748 e. The molecular weight excluding hydrogens is 372 g/mol. The highest BCUT2D eigenvalue weighted by molar-refractivity contribution is 7.85. The third-order valence-electron chi connectivity index (χ3n) is 3.10. The summed E-state index contributed by atoms with van der Waals surface area (Å²) in [6, 6.07) is 0. The molecule has 0 fully saturated rings. The molecular formula is C13H24N4O6S2. The van der Waals surface area contributed by atoms with Crippen molar-refractivity contribution in [2.75, 3.05) is 12.5 Å². The molecule has 0 amide bonds. The molecule has 0 bridgehead atoms. The first-order chi connectivity index (χ1) is 11.1. The van der Waals surface area contributed by atoms with Gasteiger partial charge in [0.25, 0.3) is 11.6 Å². The minimum absolute atomic E-state index is 0.604. The molecule has 0 spiro atoms. The third kappa shape index (κ3) is 11.4. The maximum Gasteiger partial charge on any atom is 0.256 e. The molecule has 25 heavy (non-hydrogen) atoms. The van der Waals surface area contributed by atoms with Crippen LogP contribution in [0.5, 0.6) is 0 Å². The predicted octanol–water partition coefficient (Wildman–Crippen LogP) is -1.62. The fraction of sp³-hybridized carbons (Fsp3) is 0.538. The quantitative estimate of drug-likeness (QED) is 0.443. The summed E-state index contributed by atoms with van der Waals surface area (Å²) in [5.41, 5.74) is 0. The summed E-state index contributed by atoms with van der Waals surface area (Å²) < 4.78 is 63.2. The minimum atomic E-state index is -3.92. The lowest BCUT2D eigenvalue weighted by Crippen LogP contribution is -2.32. The van der Waals surface area contributed by atoms with Crippen LogP contribution >= 0.6 is 0 Å². The van der Waals surface area contributed by atoms with Gasteiger partial charge >= 0.3 is 0 Å². The molecule has 0 unspecified atom stereocenters. The van der Waals surface area contributed by atoms with E-state index in [1.54, 1.807) is 0 Å². The van der Waals surface area contributed by atoms with Crippen molar-refractivity contribution in [2.45, 2.75) is 20.5 Å². The van der Waals surface area contributed by atoms with E-state index >= 15 is 0 Å². The second-order valence-electron chi connectivity index (χ2n) is 5.40. The Kier molecular flexibility index (Phi) is 8.44. The van der Waals surface area contributed by atoms with E-state index in [1.165, 1.54) is 11.6 Å². The summed E-state index contributed by atoms with van der Waals surface area (Å²) in [7, 11) is -3.71. The van der Waals surface area contributed by atoms with Crippen LogP contribution in [0.1, 0.15) is 11.6 Å². The molecule has 0 aromatic carbocycles. The Labute approximate surface area is 148 Å². The molecule has 0 radical (unpaired) electrons. The van der Waals surface area contributed by atoms with Crippen molar-refractivity contribution in [2.24, 2.45) is 14.1 Å². The van der Waals surface area contributed by atoms with Crippen molar-refractivity contribution >= 4 is 20.2 Å². The molecule has 144 valence electrons. The molecule has 2 rings (SSSR count). The Hall–Kier alpha value is -1.76. The van der Waals surface area contributed by atoms with Gasteiger partial charge < -0.3 is 9.11 Å². The highest BCUT2D eigenvalue weighted by Gasteiger charge is 2.14. The van der Waals surface area contributed by atoms with Crippen LogP contribution in [0.15, 0.2) is 24.8 Å². The standard InChI is InChI=1S/C11H18N4.2CH4O3S/c1-10-12(3)5-7-14(10)9-15-8-6-13(4)11(15)2;2*1-5(2,3)4/h5-8H,9H2,1-4H3;2*1H3,(H,2,3,4)/q+2;;/p-2. The van der Waals surface area contributed by atoms with Crippen LogP contribution in [-0.4, -0.2) is 47.6 Å². The van der Waals surface area contributed by atoms with Crippen LogP contribution in [0.4, 0.5) is 0 Å². The average Bonchev–Trinajstić information content (AvgIpc) is 2.85. The van der Waals surface area contributed by atoms with Gasteiger partial charge in [-0.3, -0.25) is 0 Å². The van der Waals surface area contributed by atoms with E-state index in [9.17, 15) is 0 Å². The zero-order valence-corrected chi connectivity index (χ0v) is 16.7. The maximum absolute atomic E-state index is 9.08. The molecule has 0 aliphatic heterocycles. The molecule has 2 aromatic rings. The maximum atomic E-state index is 9.08. The van der Waals surface area contributed by atoms with Crippen LogP contribution in [0, 0.1) is 13.8 Å². The van der Waals surface area contributed by atoms with Gasteiger partial charge in [0, 0.05) is 26.4 Å². The molecule has 0 aliphatic carbocycles. The van der Waals surface area contributed by atoms with Gasteiger partial charge in [0.2, 0.25) is 6.67 Å². The first-order valence-electron chi connectivity index (χ1n) is 6.94. The van der Waals surface area contributed by atoms with Crippen LogP contribution in [0.25, 0.3) is 0 Å². The zero-order chi connectivity index (χ0) is 20.0. The van der Waals surface area contributed by atoms with E-state index in [1.807, 2.05) is 0 Å². The lowest BCUT2D eigenvalue weighted by molar-refractivity contribution is -0.678. The second kappa shape index (κ2) is 9.08. The van der Waals surface area contributed by atoms with E-state index in [0.29, 0.717) is 12.5 Å². The summed E-state index contributed by atoms with van der Waals surface area (Å²) >= 11 is 0. The Morgan fingerprint density at radius 2 is 1.08 bits per heavy atom. The van der Waals surface area contributed by atoms with Gasteiger partial charge in [-0.05, 0) is 0 Å². The number of aromatic nitrogens is 4. The van der Waals surface area contributed by atoms with Gasteiger partial charge in [0.15, 0.2) is 0 Å². The Morgan fingerprint density at radius 3 is 1.24 bits per heavy atom. The number of rotatable bonds is 2. The smallest absolute Gasteiger partial charge is 0.256 e. The molecule has 0 saturated carbocycles. The SMILES string of the molecule is CS(=O)(=O)[O-].CS(=O)(=O)[O-].Cc1n(Cn2cc[n+](C)c2C)cc[n+]1C. The number of nitrogens with zero attached hydrogens (tertiary/aromatic N) is 4. The monoisotopic (exact) mass is 396 g/mol. The largest absolute Gasteiger partial charge is 0.748 e. The molecule has 0 saturated heterocycles. The van der Waals surface area contributed by atoms with E-state index in [-0.39, 0.29) is 0 Å². The predicted molar refractivity (Wildman–Crippen MR) is 87.3 cm³/mol. The Balaban J connectivity index is 0.000000480. The topological polar surface area (TPSA) is 132 Å². The van der Waals surface area contributed by atoms with E-state index in [4.69, 9.17) is 25.9 Å². The van der Waals surface area contributed by atoms with Crippen molar-refractivity contribution in [3.05, 3.63) is 36.4 Å². The average molecular weight is 396 g/mol. The fourth-order valence-electron chi connectivity index (χ4n) is 1.66. The Bertz CT molecular complexity index is 807.